The van der Waals surface area contributed by atoms with E-state index in [1.165, 1.54) is 0 Å². The standard InChI is InChI=1S/C13H15ClN4O2/c1-19-8-12-17-10(14)6-11(18-12)16-7-9-3-4-15-13(5-9)20-2/h3-6H,7-8H2,1-2H3,(H,16,17,18). The van der Waals surface area contributed by atoms with Gasteiger partial charge in [-0.3, -0.25) is 0 Å². The van der Waals surface area contributed by atoms with E-state index in [9.17, 15) is 0 Å². The summed E-state index contributed by atoms with van der Waals surface area (Å²) in [6.45, 7) is 0.900. The molecule has 0 aliphatic carbocycles. The van der Waals surface area contributed by atoms with Gasteiger partial charge in [-0.25, -0.2) is 15.0 Å². The van der Waals surface area contributed by atoms with Crippen molar-refractivity contribution in [1.82, 2.24) is 15.0 Å². The Kier molecular flexibility index (Phi) is 5.09. The van der Waals surface area contributed by atoms with Crippen LogP contribution in [0.5, 0.6) is 5.88 Å². The molecule has 0 amide bonds. The first-order valence-electron chi connectivity index (χ1n) is 5.96. The van der Waals surface area contributed by atoms with E-state index in [0.717, 1.165) is 5.56 Å². The van der Waals surface area contributed by atoms with Crippen molar-refractivity contribution in [3.63, 3.8) is 0 Å². The normalized spacial score (nSPS) is 10.3. The molecule has 2 aromatic rings. The lowest BCUT2D eigenvalue weighted by atomic mass is 10.2. The van der Waals surface area contributed by atoms with Crippen LogP contribution in [0.1, 0.15) is 11.4 Å². The van der Waals surface area contributed by atoms with Crippen molar-refractivity contribution in [3.8, 4) is 5.88 Å². The molecule has 0 aliphatic rings. The summed E-state index contributed by atoms with van der Waals surface area (Å²) < 4.78 is 10.1. The Bertz CT molecular complexity index is 580. The summed E-state index contributed by atoms with van der Waals surface area (Å²) in [5.41, 5.74) is 1.03. The number of halogens is 1. The van der Waals surface area contributed by atoms with Gasteiger partial charge < -0.3 is 14.8 Å². The van der Waals surface area contributed by atoms with Crippen LogP contribution in [0.2, 0.25) is 5.15 Å². The summed E-state index contributed by atoms with van der Waals surface area (Å²) in [5.74, 6) is 1.76. The highest BCUT2D eigenvalue weighted by molar-refractivity contribution is 6.29. The third-order valence-electron chi connectivity index (χ3n) is 2.50. The molecule has 0 aliphatic heterocycles. The highest BCUT2D eigenvalue weighted by Crippen LogP contribution is 2.14. The lowest BCUT2D eigenvalue weighted by Gasteiger charge is -2.08. The summed E-state index contributed by atoms with van der Waals surface area (Å²) >= 11 is 5.94. The highest BCUT2D eigenvalue weighted by Gasteiger charge is 2.04. The van der Waals surface area contributed by atoms with Crippen LogP contribution in [0.25, 0.3) is 0 Å². The minimum absolute atomic E-state index is 0.318. The van der Waals surface area contributed by atoms with Gasteiger partial charge >= 0.3 is 0 Å². The molecule has 0 saturated carbocycles. The molecule has 0 radical (unpaired) electrons. The highest BCUT2D eigenvalue weighted by atomic mass is 35.5. The van der Waals surface area contributed by atoms with Crippen molar-refractivity contribution in [2.45, 2.75) is 13.2 Å². The van der Waals surface area contributed by atoms with E-state index in [1.54, 1.807) is 26.5 Å². The number of anilines is 1. The van der Waals surface area contributed by atoms with Crippen LogP contribution < -0.4 is 10.1 Å². The number of nitrogens with one attached hydrogen (secondary N) is 1. The summed E-state index contributed by atoms with van der Waals surface area (Å²) in [7, 11) is 3.17. The van der Waals surface area contributed by atoms with Crippen molar-refractivity contribution in [1.29, 1.82) is 0 Å². The van der Waals surface area contributed by atoms with Crippen molar-refractivity contribution < 1.29 is 9.47 Å². The summed E-state index contributed by atoms with van der Waals surface area (Å²) in [5, 5.41) is 3.55. The molecule has 0 unspecified atom stereocenters. The van der Waals surface area contributed by atoms with Crippen molar-refractivity contribution in [3.05, 3.63) is 40.9 Å². The van der Waals surface area contributed by atoms with Crippen LogP contribution in [-0.2, 0) is 17.9 Å². The second-order valence-electron chi connectivity index (χ2n) is 3.99. The largest absolute Gasteiger partial charge is 0.481 e. The average molecular weight is 295 g/mol. The predicted octanol–water partition coefficient (Wildman–Crippen LogP) is 2.29. The van der Waals surface area contributed by atoms with Gasteiger partial charge in [0.25, 0.3) is 0 Å². The number of hydrogen-bond donors (Lipinski definition) is 1. The van der Waals surface area contributed by atoms with Gasteiger partial charge in [0.1, 0.15) is 17.6 Å². The SMILES string of the molecule is COCc1nc(Cl)cc(NCc2ccnc(OC)c2)n1. The van der Waals surface area contributed by atoms with Gasteiger partial charge in [-0.15, -0.1) is 0 Å². The van der Waals surface area contributed by atoms with Crippen LogP contribution in [-0.4, -0.2) is 29.2 Å². The number of aromatic nitrogens is 3. The van der Waals surface area contributed by atoms with Crippen LogP contribution in [0, 0.1) is 0 Å². The third-order valence-corrected chi connectivity index (χ3v) is 2.69. The van der Waals surface area contributed by atoms with Crippen molar-refractivity contribution in [2.24, 2.45) is 0 Å². The number of hydrogen-bond acceptors (Lipinski definition) is 6. The molecule has 2 aromatic heterocycles. The first-order valence-corrected chi connectivity index (χ1v) is 6.34. The second kappa shape index (κ2) is 7.02. The zero-order valence-electron chi connectivity index (χ0n) is 11.3. The number of methoxy groups -OCH3 is 2. The minimum Gasteiger partial charge on any atom is -0.481 e. The summed E-state index contributed by atoms with van der Waals surface area (Å²) in [6, 6.07) is 5.42. The van der Waals surface area contributed by atoms with Gasteiger partial charge in [0.05, 0.1) is 7.11 Å². The van der Waals surface area contributed by atoms with E-state index in [1.807, 2.05) is 12.1 Å². The Balaban J connectivity index is 2.06. The van der Waals surface area contributed by atoms with Gasteiger partial charge in [-0.2, -0.15) is 0 Å². The molecule has 0 saturated heterocycles. The lowest BCUT2D eigenvalue weighted by molar-refractivity contribution is 0.178. The van der Waals surface area contributed by atoms with Crippen LogP contribution >= 0.6 is 11.6 Å². The molecule has 1 N–H and O–H groups in total. The molecule has 0 fully saturated rings. The summed E-state index contributed by atoms with van der Waals surface area (Å²) in [6.07, 6.45) is 1.69. The Hall–Kier alpha value is -1.92. The molecule has 2 heterocycles. The number of ether oxygens (including phenoxy) is 2. The minimum atomic E-state index is 0.318. The first-order chi connectivity index (χ1) is 9.71. The molecule has 20 heavy (non-hydrogen) atoms. The Morgan fingerprint density at radius 3 is 2.85 bits per heavy atom. The molecular weight excluding hydrogens is 280 g/mol. The fourth-order valence-corrected chi connectivity index (χ4v) is 1.81. The Morgan fingerprint density at radius 2 is 2.10 bits per heavy atom. The van der Waals surface area contributed by atoms with Gasteiger partial charge in [0, 0.05) is 32.0 Å². The molecular formula is C13H15ClN4O2. The molecule has 7 heteroatoms. The quantitative estimate of drug-likeness (QED) is 0.824. The van der Waals surface area contributed by atoms with E-state index in [0.29, 0.717) is 35.8 Å². The average Bonchev–Trinajstić information content (AvgIpc) is 2.45. The first kappa shape index (κ1) is 14.5. The van der Waals surface area contributed by atoms with Crippen LogP contribution in [0.4, 0.5) is 5.82 Å². The molecule has 2 rings (SSSR count). The van der Waals surface area contributed by atoms with Gasteiger partial charge in [0.2, 0.25) is 5.88 Å². The van der Waals surface area contributed by atoms with E-state index in [2.05, 4.69) is 20.3 Å². The Morgan fingerprint density at radius 1 is 1.25 bits per heavy atom. The van der Waals surface area contributed by atoms with Crippen LogP contribution in [0.15, 0.2) is 24.4 Å². The van der Waals surface area contributed by atoms with E-state index in [4.69, 9.17) is 21.1 Å². The van der Waals surface area contributed by atoms with E-state index in [-0.39, 0.29) is 0 Å². The van der Waals surface area contributed by atoms with Crippen molar-refractivity contribution in [2.75, 3.05) is 19.5 Å². The third kappa shape index (κ3) is 4.04. The summed E-state index contributed by atoms with van der Waals surface area (Å²) in [4.78, 5) is 12.4. The fraction of sp³-hybridized carbons (Fsp3) is 0.308. The second-order valence-corrected chi connectivity index (χ2v) is 4.37. The number of nitrogens with zero attached hydrogens (tertiary/aromatic N) is 3. The van der Waals surface area contributed by atoms with E-state index >= 15 is 0 Å². The maximum atomic E-state index is 5.94. The van der Waals surface area contributed by atoms with Crippen molar-refractivity contribution >= 4 is 17.4 Å². The predicted molar refractivity (Wildman–Crippen MR) is 75.9 cm³/mol. The lowest BCUT2D eigenvalue weighted by Crippen LogP contribution is -2.05. The Labute approximate surface area is 122 Å². The maximum Gasteiger partial charge on any atom is 0.213 e. The smallest absolute Gasteiger partial charge is 0.213 e. The van der Waals surface area contributed by atoms with Gasteiger partial charge in [-0.1, -0.05) is 11.6 Å². The van der Waals surface area contributed by atoms with Gasteiger partial charge in [0.15, 0.2) is 5.82 Å². The maximum absolute atomic E-state index is 5.94. The molecule has 6 nitrogen and oxygen atoms in total. The topological polar surface area (TPSA) is 69.2 Å². The molecule has 106 valence electrons. The molecule has 0 bridgehead atoms. The molecule has 0 aromatic carbocycles. The number of rotatable bonds is 6. The van der Waals surface area contributed by atoms with Crippen LogP contribution in [0.3, 0.4) is 0 Å². The fourth-order valence-electron chi connectivity index (χ4n) is 1.61. The number of pyridine rings is 1. The zero-order valence-corrected chi connectivity index (χ0v) is 12.0. The zero-order chi connectivity index (χ0) is 14.4. The van der Waals surface area contributed by atoms with Gasteiger partial charge in [-0.05, 0) is 11.6 Å². The van der Waals surface area contributed by atoms with E-state index < -0.39 is 0 Å². The molecule has 0 atom stereocenters. The molecule has 0 spiro atoms. The monoisotopic (exact) mass is 294 g/mol.